The van der Waals surface area contributed by atoms with E-state index >= 15 is 0 Å². The van der Waals surface area contributed by atoms with Crippen molar-refractivity contribution < 1.29 is 14.6 Å². The molecule has 1 aromatic heterocycles. The molecule has 0 aliphatic heterocycles. The van der Waals surface area contributed by atoms with Crippen molar-refractivity contribution in [3.8, 4) is 5.75 Å². The maximum atomic E-state index is 10.8. The predicted molar refractivity (Wildman–Crippen MR) is 71.8 cm³/mol. The van der Waals surface area contributed by atoms with Gasteiger partial charge < -0.3 is 9.84 Å². The molecule has 98 valence electrons. The SMILES string of the molecule is O=C(O)c1ccc(OCCc2ccncc2)c(Cl)c1. The second-order valence-electron chi connectivity index (χ2n) is 3.90. The van der Waals surface area contributed by atoms with Gasteiger partial charge in [-0.3, -0.25) is 4.98 Å². The van der Waals surface area contributed by atoms with Crippen molar-refractivity contribution in [1.29, 1.82) is 0 Å². The summed E-state index contributed by atoms with van der Waals surface area (Å²) >= 11 is 5.96. The lowest BCUT2D eigenvalue weighted by molar-refractivity contribution is 0.0697. The summed E-state index contributed by atoms with van der Waals surface area (Å²) in [5.74, 6) is -0.522. The molecule has 1 N–H and O–H groups in total. The second-order valence-corrected chi connectivity index (χ2v) is 4.31. The fourth-order valence-corrected chi connectivity index (χ4v) is 1.81. The number of hydrogen-bond donors (Lipinski definition) is 1. The molecular weight excluding hydrogens is 266 g/mol. The van der Waals surface area contributed by atoms with Crippen LogP contribution in [0.2, 0.25) is 5.02 Å². The number of ether oxygens (including phenoxy) is 1. The van der Waals surface area contributed by atoms with Crippen LogP contribution >= 0.6 is 11.6 Å². The Morgan fingerprint density at radius 3 is 2.63 bits per heavy atom. The van der Waals surface area contributed by atoms with Crippen LogP contribution in [0.25, 0.3) is 0 Å². The van der Waals surface area contributed by atoms with E-state index in [-0.39, 0.29) is 5.56 Å². The molecule has 2 aromatic rings. The summed E-state index contributed by atoms with van der Waals surface area (Å²) in [6, 6.07) is 8.25. The Kier molecular flexibility index (Phi) is 4.36. The summed E-state index contributed by atoms with van der Waals surface area (Å²) in [5.41, 5.74) is 1.26. The molecule has 0 saturated carbocycles. The number of nitrogens with zero attached hydrogens (tertiary/aromatic N) is 1. The Labute approximate surface area is 115 Å². The third-order valence-electron chi connectivity index (χ3n) is 2.58. The van der Waals surface area contributed by atoms with Gasteiger partial charge in [-0.05, 0) is 35.9 Å². The van der Waals surface area contributed by atoms with Crippen LogP contribution in [-0.2, 0) is 6.42 Å². The Hall–Kier alpha value is -2.07. The molecule has 0 amide bonds. The topological polar surface area (TPSA) is 59.4 Å². The number of halogens is 1. The quantitative estimate of drug-likeness (QED) is 0.912. The highest BCUT2D eigenvalue weighted by atomic mass is 35.5. The molecule has 2 rings (SSSR count). The van der Waals surface area contributed by atoms with E-state index in [9.17, 15) is 4.79 Å². The fraction of sp³-hybridized carbons (Fsp3) is 0.143. The van der Waals surface area contributed by atoms with Crippen molar-refractivity contribution in [2.24, 2.45) is 0 Å². The average molecular weight is 278 g/mol. The molecule has 0 atom stereocenters. The maximum absolute atomic E-state index is 10.8. The Morgan fingerprint density at radius 1 is 1.26 bits per heavy atom. The van der Waals surface area contributed by atoms with Gasteiger partial charge in [-0.25, -0.2) is 4.79 Å². The highest BCUT2D eigenvalue weighted by Gasteiger charge is 2.07. The second kappa shape index (κ2) is 6.20. The van der Waals surface area contributed by atoms with Crippen LogP contribution in [0.1, 0.15) is 15.9 Å². The number of aromatic nitrogens is 1. The van der Waals surface area contributed by atoms with E-state index in [1.165, 1.54) is 12.1 Å². The van der Waals surface area contributed by atoms with Gasteiger partial charge in [-0.2, -0.15) is 0 Å². The Bertz CT molecular complexity index is 572. The summed E-state index contributed by atoms with van der Waals surface area (Å²) < 4.78 is 5.53. The fourth-order valence-electron chi connectivity index (χ4n) is 1.58. The lowest BCUT2D eigenvalue weighted by Gasteiger charge is -2.08. The minimum Gasteiger partial charge on any atom is -0.492 e. The van der Waals surface area contributed by atoms with Gasteiger partial charge in [0.05, 0.1) is 17.2 Å². The molecule has 5 heteroatoms. The van der Waals surface area contributed by atoms with Gasteiger partial charge in [-0.15, -0.1) is 0 Å². The highest BCUT2D eigenvalue weighted by molar-refractivity contribution is 6.32. The summed E-state index contributed by atoms with van der Waals surface area (Å²) in [6.45, 7) is 0.468. The van der Waals surface area contributed by atoms with E-state index < -0.39 is 5.97 Å². The zero-order valence-corrected chi connectivity index (χ0v) is 10.8. The molecule has 0 saturated heterocycles. The molecule has 1 heterocycles. The monoisotopic (exact) mass is 277 g/mol. The first-order valence-corrected chi connectivity index (χ1v) is 6.09. The predicted octanol–water partition coefficient (Wildman–Crippen LogP) is 3.05. The van der Waals surface area contributed by atoms with Crippen LogP contribution in [0.3, 0.4) is 0 Å². The molecule has 4 nitrogen and oxygen atoms in total. The van der Waals surface area contributed by atoms with Crippen LogP contribution < -0.4 is 4.74 Å². The van der Waals surface area contributed by atoms with Gasteiger partial charge >= 0.3 is 5.97 Å². The van der Waals surface area contributed by atoms with Crippen LogP contribution in [0.4, 0.5) is 0 Å². The molecule has 0 aliphatic carbocycles. The first-order valence-electron chi connectivity index (χ1n) is 5.71. The minimum atomic E-state index is -1.01. The number of carbonyl (C=O) groups is 1. The molecule has 0 radical (unpaired) electrons. The molecule has 0 spiro atoms. The van der Waals surface area contributed by atoms with Crippen LogP contribution in [0.15, 0.2) is 42.7 Å². The maximum Gasteiger partial charge on any atom is 0.335 e. The van der Waals surface area contributed by atoms with E-state index in [1.807, 2.05) is 12.1 Å². The first-order chi connectivity index (χ1) is 9.16. The molecule has 0 aliphatic rings. The smallest absolute Gasteiger partial charge is 0.335 e. The number of carboxylic acid groups (broad SMARTS) is 1. The number of aromatic carboxylic acids is 1. The summed E-state index contributed by atoms with van der Waals surface area (Å²) in [5, 5.41) is 9.12. The van der Waals surface area contributed by atoms with E-state index in [4.69, 9.17) is 21.4 Å². The van der Waals surface area contributed by atoms with Crippen LogP contribution in [-0.4, -0.2) is 22.7 Å². The number of rotatable bonds is 5. The van der Waals surface area contributed by atoms with Gasteiger partial charge in [-0.1, -0.05) is 11.6 Å². The molecule has 0 unspecified atom stereocenters. The van der Waals surface area contributed by atoms with E-state index in [1.54, 1.807) is 18.5 Å². The number of benzene rings is 1. The van der Waals surface area contributed by atoms with Crippen LogP contribution in [0.5, 0.6) is 5.75 Å². The lowest BCUT2D eigenvalue weighted by atomic mass is 10.2. The van der Waals surface area contributed by atoms with E-state index in [0.717, 1.165) is 12.0 Å². The van der Waals surface area contributed by atoms with Crippen molar-refractivity contribution in [2.75, 3.05) is 6.61 Å². The minimum absolute atomic E-state index is 0.145. The molecule has 19 heavy (non-hydrogen) atoms. The van der Waals surface area contributed by atoms with Gasteiger partial charge in [0.15, 0.2) is 0 Å². The zero-order valence-electron chi connectivity index (χ0n) is 10.0. The standard InChI is InChI=1S/C14H12ClNO3/c15-12-9-11(14(17)18)1-2-13(12)19-8-5-10-3-6-16-7-4-10/h1-4,6-7,9H,5,8H2,(H,17,18). The summed E-state index contributed by atoms with van der Waals surface area (Å²) in [4.78, 5) is 14.7. The third-order valence-corrected chi connectivity index (χ3v) is 2.87. The normalized spacial score (nSPS) is 10.2. The number of pyridine rings is 1. The van der Waals surface area contributed by atoms with Crippen molar-refractivity contribution in [3.63, 3.8) is 0 Å². The molecule has 1 aromatic carbocycles. The average Bonchev–Trinajstić information content (AvgIpc) is 2.41. The van der Waals surface area contributed by atoms with Crippen molar-refractivity contribution in [1.82, 2.24) is 4.98 Å². The summed E-state index contributed by atoms with van der Waals surface area (Å²) in [7, 11) is 0. The Balaban J connectivity index is 1.95. The van der Waals surface area contributed by atoms with E-state index in [0.29, 0.717) is 17.4 Å². The molecule has 0 bridgehead atoms. The van der Waals surface area contributed by atoms with Gasteiger partial charge in [0.2, 0.25) is 0 Å². The highest BCUT2D eigenvalue weighted by Crippen LogP contribution is 2.25. The van der Waals surface area contributed by atoms with Gasteiger partial charge in [0.25, 0.3) is 0 Å². The van der Waals surface area contributed by atoms with Gasteiger partial charge in [0, 0.05) is 18.8 Å². The Morgan fingerprint density at radius 2 is 2.00 bits per heavy atom. The van der Waals surface area contributed by atoms with Gasteiger partial charge in [0.1, 0.15) is 5.75 Å². The molecular formula is C14H12ClNO3. The number of hydrogen-bond acceptors (Lipinski definition) is 3. The lowest BCUT2D eigenvalue weighted by Crippen LogP contribution is -2.03. The third kappa shape index (κ3) is 3.69. The number of carboxylic acids is 1. The zero-order chi connectivity index (χ0) is 13.7. The summed E-state index contributed by atoms with van der Waals surface area (Å²) in [6.07, 6.45) is 4.19. The van der Waals surface area contributed by atoms with Crippen LogP contribution in [0, 0.1) is 0 Å². The van der Waals surface area contributed by atoms with Crippen molar-refractivity contribution >= 4 is 17.6 Å². The largest absolute Gasteiger partial charge is 0.492 e. The van der Waals surface area contributed by atoms with E-state index in [2.05, 4.69) is 4.98 Å². The molecule has 0 fully saturated rings. The van der Waals surface area contributed by atoms with Crippen molar-refractivity contribution in [2.45, 2.75) is 6.42 Å². The first kappa shape index (κ1) is 13.4. The van der Waals surface area contributed by atoms with Crippen molar-refractivity contribution in [3.05, 3.63) is 58.9 Å².